The van der Waals surface area contributed by atoms with Gasteiger partial charge in [0, 0.05) is 55.7 Å². The molecule has 4 rings (SSSR count). The van der Waals surface area contributed by atoms with E-state index in [2.05, 4.69) is 15.0 Å². The molecular weight excluding hydrogens is 324 g/mol. The number of likely N-dealkylation sites (tertiary alicyclic amines) is 1. The van der Waals surface area contributed by atoms with Gasteiger partial charge < -0.3 is 9.64 Å². The molecule has 1 spiro atoms. The molecule has 2 saturated heterocycles. The van der Waals surface area contributed by atoms with Crippen LogP contribution in [0.1, 0.15) is 25.0 Å². The number of carbonyl (C=O) groups is 1. The summed E-state index contributed by atoms with van der Waals surface area (Å²) in [6.45, 7) is 3.18. The van der Waals surface area contributed by atoms with Crippen LogP contribution >= 0.6 is 11.3 Å². The van der Waals surface area contributed by atoms with Gasteiger partial charge >= 0.3 is 0 Å². The van der Waals surface area contributed by atoms with Crippen LogP contribution in [0.4, 0.5) is 0 Å². The van der Waals surface area contributed by atoms with E-state index in [0.717, 1.165) is 62.0 Å². The summed E-state index contributed by atoms with van der Waals surface area (Å²) in [5.41, 5.74) is 2.00. The Labute approximate surface area is 144 Å². The molecule has 0 bridgehead atoms. The molecule has 2 aromatic rings. The van der Waals surface area contributed by atoms with Crippen LogP contribution in [-0.4, -0.2) is 52.1 Å². The van der Waals surface area contributed by atoms with Gasteiger partial charge in [0.25, 0.3) is 0 Å². The van der Waals surface area contributed by atoms with Gasteiger partial charge in [-0.15, -0.1) is 11.3 Å². The fourth-order valence-electron chi connectivity index (χ4n) is 3.48. The van der Waals surface area contributed by atoms with Crippen molar-refractivity contribution in [2.24, 2.45) is 5.41 Å². The van der Waals surface area contributed by atoms with Crippen LogP contribution in [0.15, 0.2) is 24.0 Å². The van der Waals surface area contributed by atoms with Gasteiger partial charge in [-0.05, 0) is 12.8 Å². The molecule has 2 aliphatic rings. The summed E-state index contributed by atoms with van der Waals surface area (Å²) in [5.74, 6) is 0.261. The standard InChI is InChI=1S/C17H20N4O2S/c22-15-1-3-17(4-8-23-12-17)11-21(15)7-2-13-10-24-16(20-13)14-9-18-5-6-19-14/h5-6,9-10H,1-4,7-8,11-12H2/t17-/m1/s1. The van der Waals surface area contributed by atoms with Gasteiger partial charge in [0.15, 0.2) is 0 Å². The van der Waals surface area contributed by atoms with Crippen molar-refractivity contribution in [3.05, 3.63) is 29.7 Å². The highest BCUT2D eigenvalue weighted by atomic mass is 32.1. The van der Waals surface area contributed by atoms with Gasteiger partial charge in [-0.3, -0.25) is 14.8 Å². The van der Waals surface area contributed by atoms with Gasteiger partial charge in [-0.2, -0.15) is 0 Å². The van der Waals surface area contributed by atoms with E-state index < -0.39 is 0 Å². The number of carbonyl (C=O) groups excluding carboxylic acids is 1. The molecule has 2 aromatic heterocycles. The molecule has 0 radical (unpaired) electrons. The Balaban J connectivity index is 1.39. The smallest absolute Gasteiger partial charge is 0.222 e. The first-order valence-electron chi connectivity index (χ1n) is 8.30. The molecule has 126 valence electrons. The molecule has 6 nitrogen and oxygen atoms in total. The molecule has 1 atom stereocenters. The number of piperidine rings is 1. The highest BCUT2D eigenvalue weighted by molar-refractivity contribution is 7.13. The maximum Gasteiger partial charge on any atom is 0.222 e. The average Bonchev–Trinajstić information content (AvgIpc) is 3.27. The molecule has 24 heavy (non-hydrogen) atoms. The Morgan fingerprint density at radius 2 is 2.29 bits per heavy atom. The summed E-state index contributed by atoms with van der Waals surface area (Å²) in [6, 6.07) is 0. The van der Waals surface area contributed by atoms with Crippen molar-refractivity contribution in [2.75, 3.05) is 26.3 Å². The van der Waals surface area contributed by atoms with E-state index in [1.165, 1.54) is 0 Å². The van der Waals surface area contributed by atoms with E-state index in [-0.39, 0.29) is 11.3 Å². The van der Waals surface area contributed by atoms with Crippen molar-refractivity contribution in [3.63, 3.8) is 0 Å². The zero-order valence-electron chi connectivity index (χ0n) is 13.5. The van der Waals surface area contributed by atoms with Crippen molar-refractivity contribution in [2.45, 2.75) is 25.7 Å². The van der Waals surface area contributed by atoms with Gasteiger partial charge in [-0.25, -0.2) is 4.98 Å². The van der Waals surface area contributed by atoms with Crippen molar-refractivity contribution in [1.29, 1.82) is 0 Å². The van der Waals surface area contributed by atoms with Crippen molar-refractivity contribution >= 4 is 17.2 Å². The second-order valence-electron chi connectivity index (χ2n) is 6.60. The molecule has 0 saturated carbocycles. The van der Waals surface area contributed by atoms with Crippen LogP contribution in [0, 0.1) is 5.41 Å². The molecule has 0 N–H and O–H groups in total. The SMILES string of the molecule is O=C1CC[C@@]2(CCOC2)CN1CCc1csc(-c2cnccn2)n1. The third-order valence-corrected chi connectivity index (χ3v) is 5.82. The molecular formula is C17H20N4O2S. The van der Waals surface area contributed by atoms with Gasteiger partial charge in [-0.1, -0.05) is 0 Å². The van der Waals surface area contributed by atoms with E-state index in [4.69, 9.17) is 4.74 Å². The number of rotatable bonds is 4. The van der Waals surface area contributed by atoms with E-state index in [1.807, 2.05) is 10.3 Å². The van der Waals surface area contributed by atoms with Crippen LogP contribution in [0.3, 0.4) is 0 Å². The second kappa shape index (κ2) is 6.57. The predicted molar refractivity (Wildman–Crippen MR) is 90.5 cm³/mol. The van der Waals surface area contributed by atoms with E-state index in [0.29, 0.717) is 6.42 Å². The highest BCUT2D eigenvalue weighted by Gasteiger charge is 2.41. The first-order chi connectivity index (χ1) is 11.7. The number of thiazole rings is 1. The van der Waals surface area contributed by atoms with E-state index >= 15 is 0 Å². The summed E-state index contributed by atoms with van der Waals surface area (Å²) < 4.78 is 5.57. The first-order valence-corrected chi connectivity index (χ1v) is 9.18. The van der Waals surface area contributed by atoms with Crippen LogP contribution < -0.4 is 0 Å². The van der Waals surface area contributed by atoms with Gasteiger partial charge in [0.2, 0.25) is 5.91 Å². The molecule has 2 fully saturated rings. The summed E-state index contributed by atoms with van der Waals surface area (Å²) >= 11 is 1.57. The van der Waals surface area contributed by atoms with Crippen LogP contribution in [-0.2, 0) is 16.0 Å². The quantitative estimate of drug-likeness (QED) is 0.850. The Hall–Kier alpha value is -1.86. The zero-order chi connectivity index (χ0) is 16.4. The molecule has 1 amide bonds. The Morgan fingerprint density at radius 1 is 1.33 bits per heavy atom. The fourth-order valence-corrected chi connectivity index (χ4v) is 4.29. The summed E-state index contributed by atoms with van der Waals surface area (Å²) in [4.78, 5) is 27.2. The molecule has 0 aromatic carbocycles. The topological polar surface area (TPSA) is 68.2 Å². The summed E-state index contributed by atoms with van der Waals surface area (Å²) in [6.07, 6.45) is 8.51. The minimum absolute atomic E-state index is 0.195. The fraction of sp³-hybridized carbons (Fsp3) is 0.529. The van der Waals surface area contributed by atoms with Crippen molar-refractivity contribution in [1.82, 2.24) is 19.9 Å². The van der Waals surface area contributed by atoms with E-state index in [9.17, 15) is 4.79 Å². The average molecular weight is 344 g/mol. The minimum atomic E-state index is 0.195. The third kappa shape index (κ3) is 3.18. The number of hydrogen-bond donors (Lipinski definition) is 0. The first kappa shape index (κ1) is 15.7. The summed E-state index contributed by atoms with van der Waals surface area (Å²) in [7, 11) is 0. The number of amides is 1. The lowest BCUT2D eigenvalue weighted by atomic mass is 9.79. The van der Waals surface area contributed by atoms with Crippen LogP contribution in [0.2, 0.25) is 0 Å². The Morgan fingerprint density at radius 3 is 3.08 bits per heavy atom. The maximum absolute atomic E-state index is 12.2. The molecule has 7 heteroatoms. The Kier molecular flexibility index (Phi) is 4.28. The number of aromatic nitrogens is 3. The van der Waals surface area contributed by atoms with Gasteiger partial charge in [0.05, 0.1) is 18.5 Å². The predicted octanol–water partition coefficient (Wildman–Crippen LogP) is 2.17. The molecule has 0 unspecified atom stereocenters. The largest absolute Gasteiger partial charge is 0.381 e. The Bertz CT molecular complexity index is 712. The number of nitrogens with zero attached hydrogens (tertiary/aromatic N) is 4. The molecule has 0 aliphatic carbocycles. The van der Waals surface area contributed by atoms with Crippen LogP contribution in [0.25, 0.3) is 10.7 Å². The molecule has 2 aliphatic heterocycles. The molecule has 4 heterocycles. The zero-order valence-corrected chi connectivity index (χ0v) is 14.3. The number of ether oxygens (including phenoxy) is 1. The maximum atomic E-state index is 12.2. The van der Waals surface area contributed by atoms with Gasteiger partial charge in [0.1, 0.15) is 10.7 Å². The van der Waals surface area contributed by atoms with Crippen molar-refractivity contribution < 1.29 is 9.53 Å². The van der Waals surface area contributed by atoms with Crippen molar-refractivity contribution in [3.8, 4) is 10.7 Å². The van der Waals surface area contributed by atoms with Crippen LogP contribution in [0.5, 0.6) is 0 Å². The summed E-state index contributed by atoms with van der Waals surface area (Å²) in [5, 5.41) is 2.93. The normalized spacial score (nSPS) is 24.0. The third-order valence-electron chi connectivity index (χ3n) is 4.91. The second-order valence-corrected chi connectivity index (χ2v) is 7.46. The number of hydrogen-bond acceptors (Lipinski definition) is 6. The van der Waals surface area contributed by atoms with E-state index in [1.54, 1.807) is 29.9 Å². The lowest BCUT2D eigenvalue weighted by Gasteiger charge is -2.39. The minimum Gasteiger partial charge on any atom is -0.381 e. The monoisotopic (exact) mass is 344 g/mol. The lowest BCUT2D eigenvalue weighted by Crippen LogP contribution is -2.47. The lowest BCUT2D eigenvalue weighted by molar-refractivity contribution is -0.137. The highest BCUT2D eigenvalue weighted by Crippen LogP contribution is 2.38.